The average Bonchev–Trinajstić information content (AvgIpc) is 3.14. The highest BCUT2D eigenvalue weighted by Crippen LogP contribution is 2.33. The summed E-state index contributed by atoms with van der Waals surface area (Å²) in [4.78, 5) is 32.0. The maximum Gasteiger partial charge on any atom is 0.246 e. The van der Waals surface area contributed by atoms with E-state index in [-0.39, 0.29) is 11.9 Å². The number of carbonyl (C=O) groups excluding carboxylic acids is 1. The van der Waals surface area contributed by atoms with Gasteiger partial charge >= 0.3 is 0 Å². The van der Waals surface area contributed by atoms with Crippen LogP contribution in [-0.2, 0) is 4.79 Å². The molecule has 0 aliphatic carbocycles. The van der Waals surface area contributed by atoms with Gasteiger partial charge in [-0.05, 0) is 13.8 Å². The number of aromatic nitrogens is 2. The van der Waals surface area contributed by atoms with E-state index >= 15 is 0 Å². The molecule has 2 aromatic rings. The first-order valence-corrected chi connectivity index (χ1v) is 8.84. The fraction of sp³-hybridized carbons (Fsp3) is 0.368. The quantitative estimate of drug-likeness (QED) is 0.846. The topological polar surface area (TPSA) is 64.9 Å². The van der Waals surface area contributed by atoms with E-state index in [4.69, 9.17) is 4.98 Å². The van der Waals surface area contributed by atoms with Crippen LogP contribution in [0.1, 0.15) is 19.4 Å². The Morgan fingerprint density at radius 3 is 2.65 bits per heavy atom. The summed E-state index contributed by atoms with van der Waals surface area (Å²) in [6.45, 7) is 5.93. The number of hydrogen-bond donors (Lipinski definition) is 0. The fourth-order valence-corrected chi connectivity index (χ4v) is 3.30. The van der Waals surface area contributed by atoms with Crippen molar-refractivity contribution in [2.75, 3.05) is 41.4 Å². The highest BCUT2D eigenvalue weighted by Gasteiger charge is 2.32. The summed E-state index contributed by atoms with van der Waals surface area (Å²) in [7, 11) is 1.77. The number of anilines is 3. The Bertz CT molecular complexity index is 864. The summed E-state index contributed by atoms with van der Waals surface area (Å²) in [6.07, 6.45) is 1.74. The summed E-state index contributed by atoms with van der Waals surface area (Å²) in [5.74, 6) is 2.36. The lowest BCUT2D eigenvalue weighted by Crippen LogP contribution is -2.47. The van der Waals surface area contributed by atoms with Gasteiger partial charge in [0.05, 0.1) is 19.3 Å². The van der Waals surface area contributed by atoms with Gasteiger partial charge in [-0.25, -0.2) is 4.98 Å². The largest absolute Gasteiger partial charge is 0.343 e. The van der Waals surface area contributed by atoms with Gasteiger partial charge in [0.15, 0.2) is 5.82 Å². The molecule has 134 valence electrons. The zero-order chi connectivity index (χ0) is 18.3. The first-order valence-electron chi connectivity index (χ1n) is 8.84. The molecule has 2 aliphatic heterocycles. The lowest BCUT2D eigenvalue weighted by molar-refractivity contribution is -0.117. The van der Waals surface area contributed by atoms with Crippen molar-refractivity contribution in [2.24, 2.45) is 4.99 Å². The lowest BCUT2D eigenvalue weighted by atomic mass is 10.2. The fourth-order valence-electron chi connectivity index (χ4n) is 3.30. The normalized spacial score (nSPS) is 17.0. The van der Waals surface area contributed by atoms with E-state index in [1.165, 1.54) is 0 Å². The third-order valence-corrected chi connectivity index (χ3v) is 4.79. The number of rotatable bonds is 3. The first kappa shape index (κ1) is 16.5. The molecular weight excluding hydrogens is 328 g/mol. The summed E-state index contributed by atoms with van der Waals surface area (Å²) in [5.41, 5.74) is 1.80. The van der Waals surface area contributed by atoms with Crippen molar-refractivity contribution in [2.45, 2.75) is 19.9 Å². The number of carbonyl (C=O) groups is 1. The van der Waals surface area contributed by atoms with Crippen LogP contribution in [-0.4, -0.2) is 54.4 Å². The van der Waals surface area contributed by atoms with E-state index in [1.807, 2.05) is 40.1 Å². The van der Waals surface area contributed by atoms with Gasteiger partial charge < -0.3 is 9.80 Å². The van der Waals surface area contributed by atoms with E-state index in [2.05, 4.69) is 23.8 Å². The van der Waals surface area contributed by atoms with Crippen molar-refractivity contribution in [1.82, 2.24) is 9.97 Å². The van der Waals surface area contributed by atoms with Crippen LogP contribution >= 0.6 is 0 Å². The highest BCUT2D eigenvalue weighted by molar-refractivity contribution is 6.10. The number of hydrogen-bond acceptors (Lipinski definition) is 6. The third-order valence-electron chi connectivity index (χ3n) is 4.79. The molecule has 0 N–H and O–H groups in total. The number of aliphatic imine (C=N–C) groups is 1. The minimum atomic E-state index is 0.0512. The molecule has 0 saturated heterocycles. The second kappa shape index (κ2) is 6.40. The Hall–Kier alpha value is -2.96. The van der Waals surface area contributed by atoms with Gasteiger partial charge in [-0.2, -0.15) is 4.98 Å². The van der Waals surface area contributed by atoms with Crippen molar-refractivity contribution >= 4 is 29.2 Å². The second-order valence-electron chi connectivity index (χ2n) is 6.78. The summed E-state index contributed by atoms with van der Waals surface area (Å²) in [6, 6.07) is 10.3. The van der Waals surface area contributed by atoms with Crippen molar-refractivity contribution < 1.29 is 4.79 Å². The predicted molar refractivity (Wildman–Crippen MR) is 103 cm³/mol. The summed E-state index contributed by atoms with van der Waals surface area (Å²) in [5, 5.41) is 0. The maximum absolute atomic E-state index is 12.2. The molecule has 7 nitrogen and oxygen atoms in total. The minimum absolute atomic E-state index is 0.0512. The molecule has 26 heavy (non-hydrogen) atoms. The molecular formula is C19H22N6O. The van der Waals surface area contributed by atoms with Crippen molar-refractivity contribution in [3.8, 4) is 0 Å². The average molecular weight is 350 g/mol. The van der Waals surface area contributed by atoms with Crippen LogP contribution in [0, 0.1) is 0 Å². The molecule has 1 aromatic heterocycles. The Morgan fingerprint density at radius 2 is 1.92 bits per heavy atom. The number of fused-ring (bicyclic) bond motifs is 1. The van der Waals surface area contributed by atoms with Crippen LogP contribution < -0.4 is 14.7 Å². The van der Waals surface area contributed by atoms with Crippen LogP contribution in [0.3, 0.4) is 0 Å². The van der Waals surface area contributed by atoms with E-state index in [1.54, 1.807) is 18.1 Å². The number of amides is 1. The van der Waals surface area contributed by atoms with Crippen LogP contribution in [0.2, 0.25) is 0 Å². The molecule has 0 spiro atoms. The monoisotopic (exact) mass is 350 g/mol. The van der Waals surface area contributed by atoms with Gasteiger partial charge in [0.2, 0.25) is 11.9 Å². The third kappa shape index (κ3) is 2.69. The zero-order valence-electron chi connectivity index (χ0n) is 15.3. The molecule has 0 atom stereocenters. The standard InChI is InChI=1S/C19H22N6O/c1-13(2)25-12-16(26)23(3)15-11-21-19(22-18(15)25)24-10-9-20-17(24)14-7-5-4-6-8-14/h4-8,11,13H,9-10,12H2,1-3H3. The Morgan fingerprint density at radius 1 is 1.15 bits per heavy atom. The Kier molecular flexibility index (Phi) is 4.06. The molecule has 1 amide bonds. The Balaban J connectivity index is 1.74. The summed E-state index contributed by atoms with van der Waals surface area (Å²) < 4.78 is 0. The van der Waals surface area contributed by atoms with Gasteiger partial charge in [-0.3, -0.25) is 14.7 Å². The lowest BCUT2D eigenvalue weighted by Gasteiger charge is -2.37. The number of amidine groups is 1. The SMILES string of the molecule is CC(C)N1CC(=O)N(C)c2cnc(N3CCN=C3c3ccccc3)nc21. The molecule has 0 bridgehead atoms. The maximum atomic E-state index is 12.2. The van der Waals surface area contributed by atoms with Crippen LogP contribution in [0.25, 0.3) is 0 Å². The number of likely N-dealkylation sites (N-methyl/N-ethyl adjacent to an activating group) is 1. The molecule has 7 heteroatoms. The van der Waals surface area contributed by atoms with Gasteiger partial charge in [0, 0.05) is 25.2 Å². The Labute approximate surface area is 153 Å². The number of benzene rings is 1. The van der Waals surface area contributed by atoms with E-state index < -0.39 is 0 Å². The number of nitrogens with zero attached hydrogens (tertiary/aromatic N) is 6. The molecule has 1 aromatic carbocycles. The van der Waals surface area contributed by atoms with E-state index in [0.29, 0.717) is 12.5 Å². The molecule has 0 saturated carbocycles. The smallest absolute Gasteiger partial charge is 0.246 e. The molecule has 0 radical (unpaired) electrons. The molecule has 4 rings (SSSR count). The van der Waals surface area contributed by atoms with Crippen molar-refractivity contribution in [1.29, 1.82) is 0 Å². The van der Waals surface area contributed by atoms with Crippen molar-refractivity contribution in [3.05, 3.63) is 42.1 Å². The summed E-state index contributed by atoms with van der Waals surface area (Å²) >= 11 is 0. The molecule has 2 aliphatic rings. The van der Waals surface area contributed by atoms with Crippen LogP contribution in [0.4, 0.5) is 17.5 Å². The highest BCUT2D eigenvalue weighted by atomic mass is 16.2. The molecule has 0 fully saturated rings. The van der Waals surface area contributed by atoms with Gasteiger partial charge in [-0.1, -0.05) is 30.3 Å². The van der Waals surface area contributed by atoms with Crippen molar-refractivity contribution in [3.63, 3.8) is 0 Å². The second-order valence-corrected chi connectivity index (χ2v) is 6.78. The molecule has 0 unspecified atom stereocenters. The van der Waals surface area contributed by atoms with Gasteiger partial charge in [-0.15, -0.1) is 0 Å². The minimum Gasteiger partial charge on any atom is -0.343 e. The predicted octanol–water partition coefficient (Wildman–Crippen LogP) is 1.93. The molecule has 3 heterocycles. The van der Waals surface area contributed by atoms with Crippen LogP contribution in [0.5, 0.6) is 0 Å². The van der Waals surface area contributed by atoms with Crippen LogP contribution in [0.15, 0.2) is 41.5 Å². The van der Waals surface area contributed by atoms with Gasteiger partial charge in [0.1, 0.15) is 11.5 Å². The van der Waals surface area contributed by atoms with E-state index in [0.717, 1.165) is 36.0 Å². The van der Waals surface area contributed by atoms with E-state index in [9.17, 15) is 4.79 Å². The van der Waals surface area contributed by atoms with Gasteiger partial charge in [0.25, 0.3) is 0 Å². The zero-order valence-corrected chi connectivity index (χ0v) is 15.3. The first-order chi connectivity index (χ1) is 12.6.